The fourth-order valence-electron chi connectivity index (χ4n) is 3.69. The van der Waals surface area contributed by atoms with Crippen molar-refractivity contribution in [1.29, 1.82) is 0 Å². The molecule has 3 aromatic rings. The Kier molecular flexibility index (Phi) is 9.06. The van der Waals surface area contributed by atoms with Gasteiger partial charge in [-0.1, -0.05) is 42.5 Å². The molecule has 0 spiro atoms. The topological polar surface area (TPSA) is 67.9 Å². The Bertz CT molecular complexity index is 1130. The molecule has 0 saturated carbocycles. The minimum Gasteiger partial charge on any atom is -0.497 e. The number of nitrogens with one attached hydrogen (secondary N) is 1. The molecule has 0 aromatic heterocycles. The summed E-state index contributed by atoms with van der Waals surface area (Å²) in [5.41, 5.74) is 1.13. The van der Waals surface area contributed by atoms with Gasteiger partial charge in [0, 0.05) is 18.5 Å². The van der Waals surface area contributed by atoms with E-state index in [9.17, 15) is 14.0 Å². The number of carbonyl (C=O) groups is 2. The van der Waals surface area contributed by atoms with E-state index >= 15 is 0 Å². The smallest absolute Gasteiger partial charge is 0.261 e. The lowest BCUT2D eigenvalue weighted by Crippen LogP contribution is -2.55. The number of nitrogens with zero attached hydrogens (tertiary/aromatic N) is 1. The third kappa shape index (κ3) is 8.12. The van der Waals surface area contributed by atoms with Crippen molar-refractivity contribution in [3.8, 4) is 11.5 Å². The van der Waals surface area contributed by atoms with Crippen LogP contribution in [0.1, 0.15) is 31.9 Å². The maximum Gasteiger partial charge on any atom is 0.261 e. The maximum atomic E-state index is 13.5. The van der Waals surface area contributed by atoms with E-state index < -0.39 is 11.6 Å². The molecule has 3 aromatic carbocycles. The fraction of sp³-hybridized carbons (Fsp3) is 0.310. The SMILES string of the molecule is COc1ccc(OCC(=O)N(Cc2ccc(F)cc2)[C@@H](Cc2ccccc2)C(=O)NC(C)(C)C)cc1. The largest absolute Gasteiger partial charge is 0.497 e. The monoisotopic (exact) mass is 492 g/mol. The van der Waals surface area contributed by atoms with Gasteiger partial charge >= 0.3 is 0 Å². The number of benzene rings is 3. The van der Waals surface area contributed by atoms with E-state index in [1.165, 1.54) is 17.0 Å². The molecule has 1 N–H and O–H groups in total. The van der Waals surface area contributed by atoms with Crippen LogP contribution in [0.5, 0.6) is 11.5 Å². The van der Waals surface area contributed by atoms with E-state index in [-0.39, 0.29) is 30.8 Å². The van der Waals surface area contributed by atoms with Crippen LogP contribution in [0.25, 0.3) is 0 Å². The van der Waals surface area contributed by atoms with Crippen LogP contribution in [0, 0.1) is 5.82 Å². The van der Waals surface area contributed by atoms with Gasteiger partial charge in [-0.15, -0.1) is 0 Å². The lowest BCUT2D eigenvalue weighted by Gasteiger charge is -2.33. The molecular weight excluding hydrogens is 459 g/mol. The number of methoxy groups -OCH3 is 1. The van der Waals surface area contributed by atoms with Gasteiger partial charge in [0.05, 0.1) is 7.11 Å². The third-order valence-electron chi connectivity index (χ3n) is 5.46. The highest BCUT2D eigenvalue weighted by Crippen LogP contribution is 2.19. The molecule has 190 valence electrons. The molecule has 36 heavy (non-hydrogen) atoms. The Morgan fingerprint density at radius 1 is 0.889 bits per heavy atom. The average Bonchev–Trinajstić information content (AvgIpc) is 2.85. The molecule has 0 fully saturated rings. The minimum atomic E-state index is -0.802. The van der Waals surface area contributed by atoms with Gasteiger partial charge in [-0.05, 0) is 68.3 Å². The highest BCUT2D eigenvalue weighted by Gasteiger charge is 2.32. The first-order valence-corrected chi connectivity index (χ1v) is 11.8. The lowest BCUT2D eigenvalue weighted by molar-refractivity contribution is -0.143. The molecule has 0 heterocycles. The summed E-state index contributed by atoms with van der Waals surface area (Å²) >= 11 is 0. The van der Waals surface area contributed by atoms with Gasteiger partial charge in [-0.3, -0.25) is 9.59 Å². The van der Waals surface area contributed by atoms with Crippen LogP contribution in [0.15, 0.2) is 78.9 Å². The van der Waals surface area contributed by atoms with E-state index in [0.717, 1.165) is 5.56 Å². The minimum absolute atomic E-state index is 0.125. The zero-order chi connectivity index (χ0) is 26.1. The van der Waals surface area contributed by atoms with Crippen LogP contribution in [-0.4, -0.2) is 42.0 Å². The summed E-state index contributed by atoms with van der Waals surface area (Å²) in [6.07, 6.45) is 0.318. The van der Waals surface area contributed by atoms with Crippen molar-refractivity contribution in [2.75, 3.05) is 13.7 Å². The molecule has 7 heteroatoms. The van der Waals surface area contributed by atoms with Gasteiger partial charge in [0.25, 0.3) is 5.91 Å². The second-order valence-corrected chi connectivity index (χ2v) is 9.56. The number of amides is 2. The van der Waals surface area contributed by atoms with Crippen molar-refractivity contribution in [3.05, 3.63) is 95.8 Å². The van der Waals surface area contributed by atoms with Gasteiger partial charge in [0.1, 0.15) is 23.4 Å². The summed E-state index contributed by atoms with van der Waals surface area (Å²) in [4.78, 5) is 28.5. The van der Waals surface area contributed by atoms with Gasteiger partial charge in [0.15, 0.2) is 6.61 Å². The molecule has 2 amide bonds. The quantitative estimate of drug-likeness (QED) is 0.443. The van der Waals surface area contributed by atoms with Crippen molar-refractivity contribution < 1.29 is 23.5 Å². The normalized spacial score (nSPS) is 11.9. The number of hydrogen-bond donors (Lipinski definition) is 1. The van der Waals surface area contributed by atoms with Crippen molar-refractivity contribution in [3.63, 3.8) is 0 Å². The molecule has 0 unspecified atom stereocenters. The summed E-state index contributed by atoms with van der Waals surface area (Å²) < 4.78 is 24.4. The Morgan fingerprint density at radius 3 is 2.08 bits per heavy atom. The molecule has 1 atom stereocenters. The first kappa shape index (κ1) is 26.7. The van der Waals surface area contributed by atoms with E-state index in [0.29, 0.717) is 23.5 Å². The van der Waals surface area contributed by atoms with Crippen molar-refractivity contribution in [1.82, 2.24) is 10.2 Å². The molecule has 0 saturated heterocycles. The number of rotatable bonds is 10. The summed E-state index contributed by atoms with van der Waals surface area (Å²) in [5, 5.41) is 3.01. The van der Waals surface area contributed by atoms with Crippen LogP contribution in [0.4, 0.5) is 4.39 Å². The molecule has 0 aliphatic heterocycles. The van der Waals surface area contributed by atoms with Gasteiger partial charge in [-0.25, -0.2) is 4.39 Å². The second kappa shape index (κ2) is 12.2. The fourth-order valence-corrected chi connectivity index (χ4v) is 3.69. The maximum absolute atomic E-state index is 13.5. The second-order valence-electron chi connectivity index (χ2n) is 9.56. The van der Waals surface area contributed by atoms with Gasteiger partial charge in [0.2, 0.25) is 5.91 Å². The number of carbonyl (C=O) groups excluding carboxylic acids is 2. The molecule has 0 radical (unpaired) electrons. The zero-order valence-corrected chi connectivity index (χ0v) is 21.2. The molecule has 3 rings (SSSR count). The van der Waals surface area contributed by atoms with E-state index in [1.807, 2.05) is 51.1 Å². The first-order valence-electron chi connectivity index (χ1n) is 11.8. The van der Waals surface area contributed by atoms with Gasteiger partial charge < -0.3 is 19.7 Å². The average molecular weight is 493 g/mol. The molecular formula is C29H33FN2O4. The Hall–Kier alpha value is -3.87. The van der Waals surface area contributed by atoms with Crippen LogP contribution >= 0.6 is 0 Å². The van der Waals surface area contributed by atoms with Crippen molar-refractivity contribution in [2.45, 2.75) is 45.3 Å². The Morgan fingerprint density at radius 2 is 1.50 bits per heavy atom. The molecule has 0 aliphatic carbocycles. The molecule has 0 bridgehead atoms. The third-order valence-corrected chi connectivity index (χ3v) is 5.46. The standard InChI is InChI=1S/C29H33FN2O4/c1-29(2,3)31-28(34)26(18-21-8-6-5-7-9-21)32(19-22-10-12-23(30)13-11-22)27(33)20-36-25-16-14-24(35-4)15-17-25/h5-17,26H,18-20H2,1-4H3,(H,31,34)/t26-/m0/s1. The van der Waals surface area contributed by atoms with E-state index in [4.69, 9.17) is 9.47 Å². The van der Waals surface area contributed by atoms with Crippen LogP contribution in [0.3, 0.4) is 0 Å². The summed E-state index contributed by atoms with van der Waals surface area (Å²) in [7, 11) is 1.57. The van der Waals surface area contributed by atoms with Gasteiger partial charge in [-0.2, -0.15) is 0 Å². The summed E-state index contributed by atoms with van der Waals surface area (Å²) in [6, 6.07) is 21.5. The summed E-state index contributed by atoms with van der Waals surface area (Å²) in [5.74, 6) is 0.176. The molecule has 0 aliphatic rings. The number of halogens is 1. The van der Waals surface area contributed by atoms with Crippen LogP contribution in [-0.2, 0) is 22.6 Å². The highest BCUT2D eigenvalue weighted by atomic mass is 19.1. The Labute approximate surface area is 212 Å². The van der Waals surface area contributed by atoms with E-state index in [1.54, 1.807) is 43.5 Å². The van der Waals surface area contributed by atoms with Crippen LogP contribution in [0.2, 0.25) is 0 Å². The highest BCUT2D eigenvalue weighted by molar-refractivity contribution is 5.89. The lowest BCUT2D eigenvalue weighted by atomic mass is 10.0. The van der Waals surface area contributed by atoms with Crippen molar-refractivity contribution in [2.24, 2.45) is 0 Å². The van der Waals surface area contributed by atoms with Crippen LogP contribution < -0.4 is 14.8 Å². The molecule has 6 nitrogen and oxygen atoms in total. The summed E-state index contributed by atoms with van der Waals surface area (Å²) in [6.45, 7) is 5.54. The number of ether oxygens (including phenoxy) is 2. The van der Waals surface area contributed by atoms with Crippen molar-refractivity contribution >= 4 is 11.8 Å². The Balaban J connectivity index is 1.90. The predicted molar refractivity (Wildman–Crippen MR) is 137 cm³/mol. The van der Waals surface area contributed by atoms with E-state index in [2.05, 4.69) is 5.32 Å². The predicted octanol–water partition coefficient (Wildman–Crippen LogP) is 4.77. The number of hydrogen-bond acceptors (Lipinski definition) is 4. The first-order chi connectivity index (χ1) is 17.1. The zero-order valence-electron chi connectivity index (χ0n) is 21.2.